The summed E-state index contributed by atoms with van der Waals surface area (Å²) in [7, 11) is 0. The maximum atomic E-state index is 13.8. The average molecular weight is 293 g/mol. The molecule has 0 bridgehead atoms. The van der Waals surface area contributed by atoms with E-state index in [-0.39, 0.29) is 11.5 Å². The zero-order valence-corrected chi connectivity index (χ0v) is 11.8. The Morgan fingerprint density at radius 1 is 1.24 bits per heavy atom. The molecule has 0 aliphatic heterocycles. The number of halogens is 2. The van der Waals surface area contributed by atoms with Gasteiger partial charge in [-0.25, -0.2) is 8.78 Å². The van der Waals surface area contributed by atoms with E-state index in [0.717, 1.165) is 19.0 Å². The van der Waals surface area contributed by atoms with E-state index in [4.69, 9.17) is 4.42 Å². The Hall–Kier alpha value is -1.82. The van der Waals surface area contributed by atoms with Crippen molar-refractivity contribution in [2.75, 3.05) is 6.54 Å². The van der Waals surface area contributed by atoms with Crippen molar-refractivity contribution in [3.63, 3.8) is 0 Å². The first-order chi connectivity index (χ1) is 10.1. The van der Waals surface area contributed by atoms with Crippen LogP contribution in [0.15, 0.2) is 16.5 Å². The second kappa shape index (κ2) is 5.89. The van der Waals surface area contributed by atoms with Crippen LogP contribution >= 0.6 is 0 Å². The van der Waals surface area contributed by atoms with Gasteiger partial charge in [-0.2, -0.15) is 0 Å². The Morgan fingerprint density at radius 2 is 2.05 bits per heavy atom. The molecule has 112 valence electrons. The van der Waals surface area contributed by atoms with Crippen molar-refractivity contribution in [2.45, 2.75) is 38.6 Å². The molecule has 4 nitrogen and oxygen atoms in total. The first-order valence-electron chi connectivity index (χ1n) is 7.15. The molecule has 0 spiro atoms. The van der Waals surface area contributed by atoms with Crippen LogP contribution in [0.25, 0.3) is 11.5 Å². The largest absolute Gasteiger partial charge is 0.421 e. The zero-order chi connectivity index (χ0) is 14.8. The van der Waals surface area contributed by atoms with Gasteiger partial charge in [0, 0.05) is 18.5 Å². The number of benzene rings is 1. The van der Waals surface area contributed by atoms with Crippen LogP contribution in [0, 0.1) is 18.6 Å². The molecule has 21 heavy (non-hydrogen) atoms. The molecule has 1 saturated carbocycles. The number of hydrogen-bond acceptors (Lipinski definition) is 4. The van der Waals surface area contributed by atoms with Crippen molar-refractivity contribution in [3.05, 3.63) is 35.2 Å². The van der Waals surface area contributed by atoms with Crippen LogP contribution < -0.4 is 5.32 Å². The monoisotopic (exact) mass is 293 g/mol. The highest BCUT2D eigenvalue weighted by Gasteiger charge is 2.20. The molecule has 0 radical (unpaired) electrons. The number of aryl methyl sites for hydroxylation is 2. The highest BCUT2D eigenvalue weighted by Crippen LogP contribution is 2.24. The van der Waals surface area contributed by atoms with Gasteiger partial charge in [0.05, 0.1) is 5.56 Å². The van der Waals surface area contributed by atoms with Crippen LogP contribution in [0.4, 0.5) is 8.78 Å². The number of nitrogens with one attached hydrogen (secondary N) is 1. The Bertz CT molecular complexity index is 638. The zero-order valence-electron chi connectivity index (χ0n) is 11.8. The maximum absolute atomic E-state index is 13.8. The molecular formula is C15H17F2N3O. The minimum absolute atomic E-state index is 0.0979. The normalized spacial score (nSPS) is 14.6. The van der Waals surface area contributed by atoms with Crippen molar-refractivity contribution < 1.29 is 13.2 Å². The number of hydrogen-bond donors (Lipinski definition) is 1. The summed E-state index contributed by atoms with van der Waals surface area (Å²) in [4.78, 5) is 0. The van der Waals surface area contributed by atoms with Gasteiger partial charge in [-0.1, -0.05) is 0 Å². The minimum Gasteiger partial charge on any atom is -0.421 e. The standard InChI is InChI=1S/C15H17F2N3O/c1-9-7-11(13(17)8-12(9)16)15-20-19-14(21-15)3-2-6-18-10-4-5-10/h7-8,10,18H,2-6H2,1H3. The maximum Gasteiger partial charge on any atom is 0.250 e. The van der Waals surface area contributed by atoms with Gasteiger partial charge in [-0.3, -0.25) is 0 Å². The summed E-state index contributed by atoms with van der Waals surface area (Å²) in [5, 5.41) is 11.2. The topological polar surface area (TPSA) is 51.0 Å². The van der Waals surface area contributed by atoms with Crippen molar-refractivity contribution in [1.29, 1.82) is 0 Å². The smallest absolute Gasteiger partial charge is 0.250 e. The highest BCUT2D eigenvalue weighted by atomic mass is 19.1. The van der Waals surface area contributed by atoms with Crippen LogP contribution in [0.3, 0.4) is 0 Å². The molecule has 0 amide bonds. The first-order valence-corrected chi connectivity index (χ1v) is 7.15. The van der Waals surface area contributed by atoms with Gasteiger partial charge in [-0.15, -0.1) is 10.2 Å². The molecule has 0 saturated heterocycles. The Morgan fingerprint density at radius 3 is 2.81 bits per heavy atom. The summed E-state index contributed by atoms with van der Waals surface area (Å²) in [6, 6.07) is 2.91. The van der Waals surface area contributed by atoms with Crippen LogP contribution in [0.1, 0.15) is 30.7 Å². The first kappa shape index (κ1) is 14.1. The lowest BCUT2D eigenvalue weighted by Gasteiger charge is -2.01. The fourth-order valence-electron chi connectivity index (χ4n) is 2.12. The summed E-state index contributed by atoms with van der Waals surface area (Å²) in [6.45, 7) is 2.48. The van der Waals surface area contributed by atoms with E-state index in [0.29, 0.717) is 23.9 Å². The molecule has 1 heterocycles. The molecule has 1 aliphatic carbocycles. The molecular weight excluding hydrogens is 276 g/mol. The van der Waals surface area contributed by atoms with Gasteiger partial charge in [0.2, 0.25) is 5.89 Å². The number of rotatable bonds is 6. The third-order valence-corrected chi connectivity index (χ3v) is 3.52. The summed E-state index contributed by atoms with van der Waals surface area (Å²) in [6.07, 6.45) is 4.05. The second-order valence-electron chi connectivity index (χ2n) is 5.41. The summed E-state index contributed by atoms with van der Waals surface area (Å²) >= 11 is 0. The lowest BCUT2D eigenvalue weighted by atomic mass is 10.1. The molecule has 0 atom stereocenters. The van der Waals surface area contributed by atoms with E-state index >= 15 is 0 Å². The lowest BCUT2D eigenvalue weighted by Crippen LogP contribution is -2.17. The molecule has 2 aromatic rings. The predicted octanol–water partition coefficient (Wildman–Crippen LogP) is 3.01. The van der Waals surface area contributed by atoms with Crippen molar-refractivity contribution in [1.82, 2.24) is 15.5 Å². The van der Waals surface area contributed by atoms with Crippen molar-refractivity contribution in [3.8, 4) is 11.5 Å². The van der Waals surface area contributed by atoms with Crippen LogP contribution in [0.2, 0.25) is 0 Å². The quantitative estimate of drug-likeness (QED) is 0.832. The second-order valence-corrected chi connectivity index (χ2v) is 5.41. The Balaban J connectivity index is 1.64. The highest BCUT2D eigenvalue weighted by molar-refractivity contribution is 5.55. The van der Waals surface area contributed by atoms with E-state index in [9.17, 15) is 8.78 Å². The van der Waals surface area contributed by atoms with E-state index in [1.165, 1.54) is 18.9 Å². The summed E-state index contributed by atoms with van der Waals surface area (Å²) in [5.41, 5.74) is 0.489. The van der Waals surface area contributed by atoms with Crippen LogP contribution in [0.5, 0.6) is 0 Å². The van der Waals surface area contributed by atoms with Crippen molar-refractivity contribution >= 4 is 0 Å². The van der Waals surface area contributed by atoms with Gasteiger partial charge >= 0.3 is 0 Å². The van der Waals surface area contributed by atoms with E-state index in [1.807, 2.05) is 0 Å². The lowest BCUT2D eigenvalue weighted by molar-refractivity contribution is 0.487. The fraction of sp³-hybridized carbons (Fsp3) is 0.467. The Labute approximate surface area is 121 Å². The van der Waals surface area contributed by atoms with E-state index in [1.54, 1.807) is 6.92 Å². The molecule has 1 N–H and O–H groups in total. The molecule has 6 heteroatoms. The minimum atomic E-state index is -0.691. The number of aromatic nitrogens is 2. The van der Waals surface area contributed by atoms with E-state index in [2.05, 4.69) is 15.5 Å². The molecule has 1 aromatic heterocycles. The summed E-state index contributed by atoms with van der Waals surface area (Å²) in [5.74, 6) is -0.699. The fourth-order valence-corrected chi connectivity index (χ4v) is 2.12. The molecule has 1 aliphatic rings. The van der Waals surface area contributed by atoms with Crippen molar-refractivity contribution in [2.24, 2.45) is 0 Å². The van der Waals surface area contributed by atoms with Crippen LogP contribution in [-0.2, 0) is 6.42 Å². The van der Waals surface area contributed by atoms with Gasteiger partial charge in [0.25, 0.3) is 5.89 Å². The third-order valence-electron chi connectivity index (χ3n) is 3.52. The molecule has 3 rings (SSSR count). The van der Waals surface area contributed by atoms with Gasteiger partial charge < -0.3 is 9.73 Å². The SMILES string of the molecule is Cc1cc(-c2nnc(CCCNC3CC3)o2)c(F)cc1F. The Kier molecular flexibility index (Phi) is 3.96. The predicted molar refractivity (Wildman–Crippen MR) is 73.7 cm³/mol. The molecule has 0 unspecified atom stereocenters. The van der Waals surface area contributed by atoms with Gasteiger partial charge in [0.15, 0.2) is 0 Å². The van der Waals surface area contributed by atoms with Crippen LogP contribution in [-0.4, -0.2) is 22.8 Å². The average Bonchev–Trinajstić information content (AvgIpc) is 3.16. The molecule has 1 fully saturated rings. The van der Waals surface area contributed by atoms with E-state index < -0.39 is 11.6 Å². The third kappa shape index (κ3) is 3.44. The number of nitrogens with zero attached hydrogens (tertiary/aromatic N) is 2. The molecule has 1 aromatic carbocycles. The van der Waals surface area contributed by atoms with Gasteiger partial charge in [0.1, 0.15) is 11.6 Å². The van der Waals surface area contributed by atoms with Gasteiger partial charge in [-0.05, 0) is 44.4 Å². The summed E-state index contributed by atoms with van der Waals surface area (Å²) < 4.78 is 32.4.